The molecule has 98 valence electrons. The van der Waals surface area contributed by atoms with E-state index in [2.05, 4.69) is 27.5 Å². The minimum Gasteiger partial charge on any atom is -1.00 e. The van der Waals surface area contributed by atoms with E-state index >= 15 is 0 Å². The zero-order valence-electron chi connectivity index (χ0n) is 10.3. The molecule has 0 aliphatic heterocycles. The van der Waals surface area contributed by atoms with Crippen LogP contribution in [0.15, 0.2) is 30.6 Å². The molecule has 0 bridgehead atoms. The first-order valence-electron chi connectivity index (χ1n) is 5.25. The van der Waals surface area contributed by atoms with Gasteiger partial charge in [-0.3, -0.25) is 0 Å². The molecule has 0 saturated carbocycles. The molecule has 3 N–H and O–H groups in total. The highest BCUT2D eigenvalue weighted by Gasteiger charge is 2.14. The largest absolute Gasteiger partial charge is 1.00 e. The molecule has 2 heterocycles. The van der Waals surface area contributed by atoms with Crippen molar-refractivity contribution in [2.24, 2.45) is 0 Å². The van der Waals surface area contributed by atoms with E-state index in [0.717, 1.165) is 17.9 Å². The molecule has 18 heavy (non-hydrogen) atoms. The van der Waals surface area contributed by atoms with Gasteiger partial charge in [-0.2, -0.15) is 4.57 Å². The van der Waals surface area contributed by atoms with Crippen molar-refractivity contribution >= 4 is 5.82 Å². The van der Waals surface area contributed by atoms with Crippen molar-refractivity contribution in [3.05, 3.63) is 47.7 Å². The molecule has 2 aromatic rings. The highest BCUT2D eigenvalue weighted by molar-refractivity contribution is 5.35. The smallest absolute Gasteiger partial charge is 0.295 e. The monoisotopic (exact) mass is 286 g/mol. The fourth-order valence-electron chi connectivity index (χ4n) is 1.60. The quantitative estimate of drug-likeness (QED) is 0.560. The van der Waals surface area contributed by atoms with Crippen LogP contribution in [0.25, 0.3) is 0 Å². The number of nitrogen functional groups attached to an aromatic ring is 1. The van der Waals surface area contributed by atoms with Crippen molar-refractivity contribution in [3.63, 3.8) is 0 Å². The third-order valence-corrected chi connectivity index (χ3v) is 2.58. The molecule has 0 fully saturated rings. The summed E-state index contributed by atoms with van der Waals surface area (Å²) in [5, 5.41) is 0. The molecule has 0 unspecified atom stereocenters. The molecule has 2 rings (SSSR count). The first-order chi connectivity index (χ1) is 7.66. The van der Waals surface area contributed by atoms with Crippen molar-refractivity contribution in [1.29, 1.82) is 0 Å². The lowest BCUT2D eigenvalue weighted by molar-refractivity contribution is -0.694. The van der Waals surface area contributed by atoms with Crippen LogP contribution in [0.1, 0.15) is 17.1 Å². The highest BCUT2D eigenvalue weighted by Crippen LogP contribution is 2.04. The predicted molar refractivity (Wildman–Crippen MR) is 60.4 cm³/mol. The van der Waals surface area contributed by atoms with Gasteiger partial charge in [0.1, 0.15) is 11.8 Å². The number of nitrogens with zero attached hydrogens (tertiary/aromatic N) is 2. The van der Waals surface area contributed by atoms with Crippen molar-refractivity contribution in [2.45, 2.75) is 20.4 Å². The normalized spacial score (nSPS) is 9.22. The number of hydrogen-bond acceptors (Lipinski definition) is 2. The lowest BCUT2D eigenvalue weighted by Gasteiger charge is -1.99. The summed E-state index contributed by atoms with van der Waals surface area (Å²) in [5.74, 6) is 1.42. The van der Waals surface area contributed by atoms with Gasteiger partial charge in [0, 0.05) is 26.0 Å². The number of nitrogens with two attached hydrogens (primary N) is 1. The summed E-state index contributed by atoms with van der Waals surface area (Å²) >= 11 is 0. The van der Waals surface area contributed by atoms with Gasteiger partial charge in [-0.1, -0.05) is 6.07 Å². The molecular weight excluding hydrogens is 271 g/mol. The van der Waals surface area contributed by atoms with Gasteiger partial charge in [0.2, 0.25) is 0 Å². The van der Waals surface area contributed by atoms with Crippen LogP contribution in [-0.2, 0) is 6.54 Å². The third-order valence-electron chi connectivity index (χ3n) is 2.58. The van der Waals surface area contributed by atoms with Crippen LogP contribution in [0.4, 0.5) is 5.82 Å². The van der Waals surface area contributed by atoms with Crippen LogP contribution >= 0.6 is 0 Å². The second-order valence-corrected chi connectivity index (χ2v) is 3.87. The average Bonchev–Trinajstić information content (AvgIpc) is 2.25. The van der Waals surface area contributed by atoms with E-state index in [1.165, 1.54) is 5.69 Å². The number of halogens is 2. The summed E-state index contributed by atoms with van der Waals surface area (Å²) in [5.41, 5.74) is 8.08. The Morgan fingerprint density at radius 3 is 2.61 bits per heavy atom. The molecule has 0 amide bonds. The number of nitrogens with one attached hydrogen (secondary N) is 1. The number of anilines is 1. The van der Waals surface area contributed by atoms with Gasteiger partial charge >= 0.3 is 0 Å². The molecule has 0 aliphatic carbocycles. The summed E-state index contributed by atoms with van der Waals surface area (Å²) in [6, 6.07) is 6.10. The number of H-pyrrole nitrogens is 1. The summed E-state index contributed by atoms with van der Waals surface area (Å²) in [4.78, 5) is 7.28. The van der Waals surface area contributed by atoms with E-state index in [4.69, 9.17) is 5.73 Å². The van der Waals surface area contributed by atoms with Crippen molar-refractivity contribution < 1.29 is 34.4 Å². The molecule has 0 radical (unpaired) electrons. The summed E-state index contributed by atoms with van der Waals surface area (Å²) < 4.78 is 2.14. The second kappa shape index (κ2) is 7.13. The van der Waals surface area contributed by atoms with Gasteiger partial charge < -0.3 is 30.5 Å². The molecule has 2 aromatic heterocycles. The van der Waals surface area contributed by atoms with Crippen molar-refractivity contribution in [3.8, 4) is 0 Å². The molecule has 4 nitrogen and oxygen atoms in total. The highest BCUT2D eigenvalue weighted by atomic mass is 35.5. The fraction of sp³-hybridized carbons (Fsp3) is 0.250. The number of aryl methyl sites for hydroxylation is 2. The van der Waals surface area contributed by atoms with E-state index in [9.17, 15) is 0 Å². The minimum atomic E-state index is 0. The topological polar surface area (TPSA) is 56.9 Å². The Hall–Kier alpha value is -1.39. The lowest BCUT2D eigenvalue weighted by atomic mass is 10.2. The van der Waals surface area contributed by atoms with E-state index < -0.39 is 0 Å². The number of hydrogen-bond donors (Lipinski definition) is 1. The third kappa shape index (κ3) is 3.82. The van der Waals surface area contributed by atoms with Crippen LogP contribution in [0.3, 0.4) is 0 Å². The van der Waals surface area contributed by atoms with Gasteiger partial charge in [0.15, 0.2) is 18.4 Å². The average molecular weight is 287 g/mol. The van der Waals surface area contributed by atoms with E-state index in [-0.39, 0.29) is 24.8 Å². The van der Waals surface area contributed by atoms with Gasteiger partial charge in [0.25, 0.3) is 11.6 Å². The molecule has 0 aromatic carbocycles. The maximum atomic E-state index is 5.87. The zero-order valence-corrected chi connectivity index (χ0v) is 11.8. The predicted octanol–water partition coefficient (Wildman–Crippen LogP) is -5.56. The minimum absolute atomic E-state index is 0. The Bertz CT molecular complexity index is 517. The Morgan fingerprint density at radius 2 is 2.00 bits per heavy atom. The van der Waals surface area contributed by atoms with Crippen molar-refractivity contribution in [2.75, 3.05) is 5.73 Å². The van der Waals surface area contributed by atoms with Gasteiger partial charge in [-0.25, -0.2) is 4.98 Å². The Kier molecular flexibility index (Phi) is 6.58. The number of aromatic amines is 1. The second-order valence-electron chi connectivity index (χ2n) is 3.87. The van der Waals surface area contributed by atoms with E-state index in [0.29, 0.717) is 5.82 Å². The zero-order chi connectivity index (χ0) is 11.5. The van der Waals surface area contributed by atoms with Crippen molar-refractivity contribution in [1.82, 2.24) is 4.98 Å². The maximum absolute atomic E-state index is 5.87. The molecule has 6 heteroatoms. The van der Waals surface area contributed by atoms with Crippen LogP contribution in [-0.4, -0.2) is 4.98 Å². The molecule has 0 spiro atoms. The first-order valence-corrected chi connectivity index (χ1v) is 5.25. The molecule has 0 saturated heterocycles. The Labute approximate surface area is 119 Å². The fourth-order valence-corrected chi connectivity index (χ4v) is 1.60. The van der Waals surface area contributed by atoms with Gasteiger partial charge in [-0.15, -0.1) is 0 Å². The summed E-state index contributed by atoms with van der Waals surface area (Å²) in [7, 11) is 0. The number of aromatic nitrogens is 3. The van der Waals surface area contributed by atoms with E-state index in [1.54, 1.807) is 0 Å². The maximum Gasteiger partial charge on any atom is 0.295 e. The van der Waals surface area contributed by atoms with Crippen LogP contribution in [0.2, 0.25) is 0 Å². The van der Waals surface area contributed by atoms with Crippen LogP contribution < -0.4 is 40.1 Å². The number of pyridine rings is 1. The Balaban J connectivity index is 0.00000144. The van der Waals surface area contributed by atoms with Gasteiger partial charge in [0.05, 0.1) is 0 Å². The molecular formula is C12H16Cl2N4. The van der Waals surface area contributed by atoms with E-state index in [1.807, 2.05) is 31.5 Å². The summed E-state index contributed by atoms with van der Waals surface area (Å²) in [6.07, 6.45) is 3.95. The molecule has 0 aliphatic rings. The standard InChI is InChI=1S/C12H15N4.2ClH/c1-9-5-3-4-6-16(9)8-11-7-14-10(2)15-12(11)13;;/h3-7H,8H2,1-2H3,(H2,13,14,15);2*1H/q+1;;/p-1. The summed E-state index contributed by atoms with van der Waals surface area (Å²) in [6.45, 7) is 4.70. The lowest BCUT2D eigenvalue weighted by Crippen LogP contribution is -3.00. The van der Waals surface area contributed by atoms with Crippen LogP contribution in [0, 0.1) is 13.8 Å². The van der Waals surface area contributed by atoms with Crippen LogP contribution in [0.5, 0.6) is 0 Å². The number of rotatable bonds is 2. The molecule has 0 atom stereocenters. The van der Waals surface area contributed by atoms with Gasteiger partial charge in [-0.05, 0) is 4.98 Å². The Morgan fingerprint density at radius 1 is 1.28 bits per heavy atom. The first kappa shape index (κ1) is 16.6. The SMILES string of the molecule is Cc1nc(N)c(C[n+]2ccccc2C)c[nH+]1.[Cl-].[Cl-].